The van der Waals surface area contributed by atoms with Crippen molar-refractivity contribution < 1.29 is 0 Å². The van der Waals surface area contributed by atoms with Gasteiger partial charge in [0.05, 0.1) is 39.6 Å². The van der Waals surface area contributed by atoms with Gasteiger partial charge in [-0.1, -0.05) is 66.7 Å². The monoisotopic (exact) mass is 583 g/mol. The fourth-order valence-electron chi connectivity index (χ4n) is 8.32. The normalized spacial score (nSPS) is 12.3. The van der Waals surface area contributed by atoms with Gasteiger partial charge in [0, 0.05) is 50.9 Å². The lowest BCUT2D eigenvalue weighted by molar-refractivity contribution is 1.11. The van der Waals surface area contributed by atoms with E-state index in [9.17, 15) is 5.26 Å². The Hall–Kier alpha value is -6.51. The van der Waals surface area contributed by atoms with Gasteiger partial charge >= 0.3 is 0 Å². The van der Waals surface area contributed by atoms with Crippen LogP contribution in [0.3, 0.4) is 0 Å². The Bertz CT molecular complexity index is 2720. The molecule has 0 aliphatic carbocycles. The molecule has 0 fully saturated rings. The molecule has 4 heterocycles. The predicted molar refractivity (Wildman–Crippen MR) is 188 cm³/mol. The second-order valence-corrected chi connectivity index (χ2v) is 12.1. The molecule has 0 atom stereocenters. The van der Waals surface area contributed by atoms with Crippen LogP contribution < -0.4 is 0 Å². The third-order valence-corrected chi connectivity index (χ3v) is 10.0. The van der Waals surface area contributed by atoms with Gasteiger partial charge < -0.3 is 9.13 Å². The first kappa shape index (κ1) is 23.9. The standard InChI is InChI=1S/C41H21N5/c42-19-29-32(45-34-14-4-10-27-25-17-18-43-20-30(25)28-11-5-15-35(45)40(28)38(27)34)12-6-13-33(29)46-36-16-3-9-26-23-7-1-2-8-24(23)31-21-44-22-37(46)41(31)39(26)36/h1-18,20-22H. The van der Waals surface area contributed by atoms with Crippen LogP contribution in [0.1, 0.15) is 5.56 Å². The highest BCUT2D eigenvalue weighted by molar-refractivity contribution is 6.35. The van der Waals surface area contributed by atoms with Crippen molar-refractivity contribution in [2.24, 2.45) is 0 Å². The maximum absolute atomic E-state index is 11.0. The molecule has 46 heavy (non-hydrogen) atoms. The smallest absolute Gasteiger partial charge is 0.104 e. The minimum atomic E-state index is 0.613. The maximum atomic E-state index is 11.0. The minimum Gasteiger partial charge on any atom is -0.308 e. The number of rotatable bonds is 2. The molecule has 0 radical (unpaired) electrons. The van der Waals surface area contributed by atoms with E-state index in [0.29, 0.717) is 5.56 Å². The van der Waals surface area contributed by atoms with Crippen LogP contribution in [0, 0.1) is 11.3 Å². The molecule has 11 aromatic rings. The van der Waals surface area contributed by atoms with E-state index in [1.54, 1.807) is 0 Å². The molecule has 0 N–H and O–H groups in total. The summed E-state index contributed by atoms with van der Waals surface area (Å²) < 4.78 is 4.51. The average molecular weight is 584 g/mol. The lowest BCUT2D eigenvalue weighted by Gasteiger charge is -2.15. The summed E-state index contributed by atoms with van der Waals surface area (Å²) in [6, 6.07) is 39.0. The second kappa shape index (κ2) is 8.35. The molecule has 210 valence electrons. The van der Waals surface area contributed by atoms with Crippen LogP contribution in [-0.4, -0.2) is 19.1 Å². The highest BCUT2D eigenvalue weighted by atomic mass is 15.0. The number of benzene rings is 7. The predicted octanol–water partition coefficient (Wildman–Crippen LogP) is 10.0. The zero-order chi connectivity index (χ0) is 30.1. The van der Waals surface area contributed by atoms with Crippen LogP contribution in [0.2, 0.25) is 0 Å². The van der Waals surface area contributed by atoms with Crippen LogP contribution in [0.5, 0.6) is 0 Å². The van der Waals surface area contributed by atoms with E-state index in [1.807, 2.05) is 24.8 Å². The summed E-state index contributed by atoms with van der Waals surface area (Å²) in [5.74, 6) is 0. The number of hydrogen-bond acceptors (Lipinski definition) is 3. The molecule has 0 amide bonds. The molecule has 5 heteroatoms. The van der Waals surface area contributed by atoms with Crippen molar-refractivity contribution in [1.82, 2.24) is 19.1 Å². The Morgan fingerprint density at radius 1 is 0.413 bits per heavy atom. The van der Waals surface area contributed by atoms with Crippen molar-refractivity contribution >= 4 is 86.7 Å². The van der Waals surface area contributed by atoms with Gasteiger partial charge in [-0.2, -0.15) is 5.26 Å². The first-order valence-corrected chi connectivity index (χ1v) is 15.4. The summed E-state index contributed by atoms with van der Waals surface area (Å²) in [7, 11) is 0. The fraction of sp³-hybridized carbons (Fsp3) is 0. The van der Waals surface area contributed by atoms with Gasteiger partial charge in [-0.3, -0.25) is 9.97 Å². The molecule has 5 nitrogen and oxygen atoms in total. The van der Waals surface area contributed by atoms with E-state index in [-0.39, 0.29) is 0 Å². The molecule has 0 aliphatic rings. The van der Waals surface area contributed by atoms with E-state index in [2.05, 4.69) is 123 Å². The highest BCUT2D eigenvalue weighted by Crippen LogP contribution is 2.46. The molecule has 4 aromatic heterocycles. The van der Waals surface area contributed by atoms with Gasteiger partial charge in [0.15, 0.2) is 0 Å². The second-order valence-electron chi connectivity index (χ2n) is 12.1. The fourth-order valence-corrected chi connectivity index (χ4v) is 8.32. The van der Waals surface area contributed by atoms with E-state index >= 15 is 0 Å². The molecular formula is C41H21N5. The quantitative estimate of drug-likeness (QED) is 0.190. The summed E-state index contributed by atoms with van der Waals surface area (Å²) in [5.41, 5.74) is 6.52. The Morgan fingerprint density at radius 3 is 1.52 bits per heavy atom. The van der Waals surface area contributed by atoms with Gasteiger partial charge in [0.1, 0.15) is 11.6 Å². The Balaban J connectivity index is 1.30. The van der Waals surface area contributed by atoms with Gasteiger partial charge in [0.25, 0.3) is 0 Å². The van der Waals surface area contributed by atoms with Crippen molar-refractivity contribution in [2.45, 2.75) is 0 Å². The first-order chi connectivity index (χ1) is 22.8. The number of aromatic nitrogens is 4. The van der Waals surface area contributed by atoms with Crippen LogP contribution >= 0.6 is 0 Å². The third-order valence-electron chi connectivity index (χ3n) is 10.0. The zero-order valence-electron chi connectivity index (χ0n) is 24.4. The molecule has 0 saturated heterocycles. The van der Waals surface area contributed by atoms with Crippen LogP contribution in [0.15, 0.2) is 128 Å². The number of fused-ring (bicyclic) bond motifs is 6. The van der Waals surface area contributed by atoms with Crippen molar-refractivity contribution in [1.29, 1.82) is 5.26 Å². The van der Waals surface area contributed by atoms with Gasteiger partial charge in [-0.15, -0.1) is 0 Å². The minimum absolute atomic E-state index is 0.613. The third kappa shape index (κ3) is 2.72. The van der Waals surface area contributed by atoms with Crippen molar-refractivity contribution in [3.8, 4) is 17.4 Å². The van der Waals surface area contributed by atoms with Crippen molar-refractivity contribution in [3.63, 3.8) is 0 Å². The van der Waals surface area contributed by atoms with E-state index in [4.69, 9.17) is 4.98 Å². The van der Waals surface area contributed by atoms with Gasteiger partial charge in [0.2, 0.25) is 0 Å². The van der Waals surface area contributed by atoms with E-state index in [0.717, 1.165) is 44.2 Å². The summed E-state index contributed by atoms with van der Waals surface area (Å²) >= 11 is 0. The Morgan fingerprint density at radius 2 is 0.891 bits per heavy atom. The molecule has 0 bridgehead atoms. The molecule has 0 aliphatic heterocycles. The molecule has 7 aromatic carbocycles. The van der Waals surface area contributed by atoms with Crippen LogP contribution in [0.4, 0.5) is 0 Å². The number of hydrogen-bond donors (Lipinski definition) is 0. The molecule has 11 rings (SSSR count). The highest BCUT2D eigenvalue weighted by Gasteiger charge is 2.25. The number of nitriles is 1. The van der Waals surface area contributed by atoms with Gasteiger partial charge in [-0.25, -0.2) is 0 Å². The Kier molecular flexibility index (Phi) is 4.34. The molecular weight excluding hydrogens is 562 g/mol. The molecule has 0 saturated carbocycles. The van der Waals surface area contributed by atoms with Crippen molar-refractivity contribution in [2.75, 3.05) is 0 Å². The van der Waals surface area contributed by atoms with Crippen molar-refractivity contribution in [3.05, 3.63) is 133 Å². The lowest BCUT2D eigenvalue weighted by Crippen LogP contribution is -2.04. The lowest BCUT2D eigenvalue weighted by atomic mass is 9.96. The largest absolute Gasteiger partial charge is 0.308 e. The zero-order valence-corrected chi connectivity index (χ0v) is 24.4. The van der Waals surface area contributed by atoms with Crippen LogP contribution in [0.25, 0.3) is 98.1 Å². The van der Waals surface area contributed by atoms with E-state index in [1.165, 1.54) is 53.9 Å². The van der Waals surface area contributed by atoms with Gasteiger partial charge in [-0.05, 0) is 68.7 Å². The van der Waals surface area contributed by atoms with E-state index < -0.39 is 0 Å². The topological polar surface area (TPSA) is 59.4 Å². The maximum Gasteiger partial charge on any atom is 0.104 e. The summed E-state index contributed by atoms with van der Waals surface area (Å²) in [6.45, 7) is 0. The summed E-state index contributed by atoms with van der Waals surface area (Å²) in [4.78, 5) is 9.21. The van der Waals surface area contributed by atoms with Crippen LogP contribution in [-0.2, 0) is 0 Å². The SMILES string of the molecule is N#Cc1c(-n2c3cccc4c5ccncc5c5cccc2c5c43)cccc1-n1c2cccc3c4ccccc4c4cncc1c4c32. The Labute approximate surface area is 261 Å². The average Bonchev–Trinajstić information content (AvgIpc) is 3.64. The first-order valence-electron chi connectivity index (χ1n) is 15.4. The molecule has 0 spiro atoms. The summed E-state index contributed by atoms with van der Waals surface area (Å²) in [5, 5.41) is 25.2. The number of pyridine rings is 2. The number of nitrogens with zero attached hydrogens (tertiary/aromatic N) is 5. The summed E-state index contributed by atoms with van der Waals surface area (Å²) in [6.07, 6.45) is 7.75. The molecule has 0 unspecified atom stereocenters.